The number of aryl methyl sites for hydroxylation is 2. The van der Waals surface area contributed by atoms with E-state index in [2.05, 4.69) is 10.4 Å². The molecule has 0 bridgehead atoms. The Morgan fingerprint density at radius 3 is 2.94 bits per heavy atom. The average Bonchev–Trinajstić information content (AvgIpc) is 2.92. The average molecular weight is 245 g/mol. The molecule has 94 valence electrons. The van der Waals surface area contributed by atoms with Gasteiger partial charge in [0.15, 0.2) is 11.5 Å². The number of anilines is 1. The third kappa shape index (κ3) is 1.99. The van der Waals surface area contributed by atoms with E-state index in [0.29, 0.717) is 6.79 Å². The fourth-order valence-corrected chi connectivity index (χ4v) is 2.02. The van der Waals surface area contributed by atoms with Gasteiger partial charge in [-0.25, -0.2) is 0 Å². The zero-order valence-electron chi connectivity index (χ0n) is 10.4. The smallest absolute Gasteiger partial charge is 0.231 e. The van der Waals surface area contributed by atoms with Crippen molar-refractivity contribution in [2.45, 2.75) is 13.5 Å². The van der Waals surface area contributed by atoms with Crippen molar-refractivity contribution in [3.8, 4) is 11.5 Å². The van der Waals surface area contributed by atoms with Crippen molar-refractivity contribution in [1.82, 2.24) is 9.78 Å². The van der Waals surface area contributed by atoms with Crippen molar-refractivity contribution in [1.29, 1.82) is 0 Å². The molecule has 0 saturated heterocycles. The molecule has 0 fully saturated rings. The van der Waals surface area contributed by atoms with Crippen molar-refractivity contribution in [2.75, 3.05) is 12.1 Å². The van der Waals surface area contributed by atoms with Crippen molar-refractivity contribution < 1.29 is 9.47 Å². The molecule has 1 aromatic heterocycles. The number of benzene rings is 1. The second kappa shape index (κ2) is 4.25. The molecule has 0 atom stereocenters. The lowest BCUT2D eigenvalue weighted by molar-refractivity contribution is 0.174. The normalized spacial score (nSPS) is 12.8. The lowest BCUT2D eigenvalue weighted by Gasteiger charge is -2.05. The van der Waals surface area contributed by atoms with Crippen LogP contribution in [0, 0.1) is 6.92 Å². The van der Waals surface area contributed by atoms with Gasteiger partial charge in [-0.05, 0) is 24.6 Å². The van der Waals surface area contributed by atoms with E-state index < -0.39 is 0 Å². The summed E-state index contributed by atoms with van der Waals surface area (Å²) in [4.78, 5) is 0. The molecule has 2 aromatic rings. The fraction of sp³-hybridized carbons (Fsp3) is 0.308. The monoisotopic (exact) mass is 245 g/mol. The minimum atomic E-state index is 0.313. The molecule has 0 aliphatic carbocycles. The molecule has 3 rings (SSSR count). The van der Waals surface area contributed by atoms with E-state index in [-0.39, 0.29) is 0 Å². The Hall–Kier alpha value is -2.17. The second-order valence-electron chi connectivity index (χ2n) is 4.34. The van der Waals surface area contributed by atoms with E-state index >= 15 is 0 Å². The van der Waals surface area contributed by atoms with Gasteiger partial charge in [-0.2, -0.15) is 5.10 Å². The Kier molecular flexibility index (Phi) is 2.59. The molecule has 2 heterocycles. The Morgan fingerprint density at radius 2 is 2.17 bits per heavy atom. The largest absolute Gasteiger partial charge is 0.454 e. The summed E-state index contributed by atoms with van der Waals surface area (Å²) in [6.45, 7) is 3.04. The zero-order valence-corrected chi connectivity index (χ0v) is 10.4. The van der Waals surface area contributed by atoms with Crippen LogP contribution in [0.1, 0.15) is 11.3 Å². The van der Waals surface area contributed by atoms with Crippen molar-refractivity contribution >= 4 is 5.69 Å². The van der Waals surface area contributed by atoms with Crippen molar-refractivity contribution in [3.63, 3.8) is 0 Å². The van der Waals surface area contributed by atoms with Crippen LogP contribution in [0.5, 0.6) is 11.5 Å². The van der Waals surface area contributed by atoms with E-state index in [9.17, 15) is 0 Å². The van der Waals surface area contributed by atoms with E-state index in [4.69, 9.17) is 9.47 Å². The topological polar surface area (TPSA) is 48.3 Å². The zero-order chi connectivity index (χ0) is 12.5. The predicted molar refractivity (Wildman–Crippen MR) is 67.8 cm³/mol. The lowest BCUT2D eigenvalue weighted by Crippen LogP contribution is -1.99. The molecule has 1 aliphatic rings. The highest BCUT2D eigenvalue weighted by molar-refractivity contribution is 5.48. The Labute approximate surface area is 105 Å². The van der Waals surface area contributed by atoms with Crippen LogP contribution in [0.15, 0.2) is 24.4 Å². The van der Waals surface area contributed by atoms with Gasteiger partial charge in [0, 0.05) is 19.8 Å². The maximum absolute atomic E-state index is 5.35. The van der Waals surface area contributed by atoms with E-state index in [0.717, 1.165) is 35.0 Å². The summed E-state index contributed by atoms with van der Waals surface area (Å²) in [6, 6.07) is 5.97. The van der Waals surface area contributed by atoms with Crippen LogP contribution >= 0.6 is 0 Å². The number of fused-ring (bicyclic) bond motifs is 1. The highest BCUT2D eigenvalue weighted by atomic mass is 16.7. The fourth-order valence-electron chi connectivity index (χ4n) is 2.02. The highest BCUT2D eigenvalue weighted by Gasteiger charge is 2.13. The van der Waals surface area contributed by atoms with E-state index in [1.54, 1.807) is 4.68 Å². The number of nitrogens with zero attached hydrogens (tertiary/aromatic N) is 2. The van der Waals surface area contributed by atoms with Gasteiger partial charge < -0.3 is 14.8 Å². The molecule has 0 saturated carbocycles. The van der Waals surface area contributed by atoms with Crippen LogP contribution in [0.3, 0.4) is 0 Å². The first-order valence-corrected chi connectivity index (χ1v) is 5.85. The lowest BCUT2D eigenvalue weighted by atomic mass is 10.2. The van der Waals surface area contributed by atoms with Crippen molar-refractivity contribution in [2.24, 2.45) is 7.05 Å². The maximum Gasteiger partial charge on any atom is 0.231 e. The Balaban J connectivity index is 1.72. The number of hydrogen-bond donors (Lipinski definition) is 1. The maximum atomic E-state index is 5.35. The van der Waals surface area contributed by atoms with Gasteiger partial charge in [-0.1, -0.05) is 6.07 Å². The summed E-state index contributed by atoms with van der Waals surface area (Å²) in [5, 5.41) is 7.65. The Bertz CT molecular complexity index is 578. The minimum Gasteiger partial charge on any atom is -0.454 e. The van der Waals surface area contributed by atoms with Gasteiger partial charge in [0.1, 0.15) is 0 Å². The summed E-state index contributed by atoms with van der Waals surface area (Å²) < 4.78 is 12.4. The first-order valence-electron chi connectivity index (χ1n) is 5.85. The van der Waals surface area contributed by atoms with Crippen LogP contribution in [0.25, 0.3) is 0 Å². The van der Waals surface area contributed by atoms with Gasteiger partial charge in [0.2, 0.25) is 6.79 Å². The molecule has 0 spiro atoms. The van der Waals surface area contributed by atoms with Gasteiger partial charge in [0.25, 0.3) is 0 Å². The Morgan fingerprint density at radius 1 is 1.33 bits per heavy atom. The molecular formula is C13H15N3O2. The van der Waals surface area contributed by atoms with Gasteiger partial charge in [0.05, 0.1) is 11.4 Å². The van der Waals surface area contributed by atoms with Crippen LogP contribution in [0.2, 0.25) is 0 Å². The van der Waals surface area contributed by atoms with Crippen LogP contribution in [-0.4, -0.2) is 16.6 Å². The van der Waals surface area contributed by atoms with Gasteiger partial charge in [-0.15, -0.1) is 0 Å². The quantitative estimate of drug-likeness (QED) is 0.899. The highest BCUT2D eigenvalue weighted by Crippen LogP contribution is 2.32. The number of aromatic nitrogens is 2. The standard InChI is InChI=1S/C13H15N3O2/c1-9-11(7-16(2)15-9)14-6-10-3-4-12-13(5-10)18-8-17-12/h3-5,7,14H,6,8H2,1-2H3. The van der Waals surface area contributed by atoms with Gasteiger partial charge >= 0.3 is 0 Å². The van der Waals surface area contributed by atoms with Crippen LogP contribution in [-0.2, 0) is 13.6 Å². The summed E-state index contributed by atoms with van der Waals surface area (Å²) >= 11 is 0. The molecule has 18 heavy (non-hydrogen) atoms. The van der Waals surface area contributed by atoms with Crippen LogP contribution < -0.4 is 14.8 Å². The second-order valence-corrected chi connectivity index (χ2v) is 4.34. The molecule has 1 aliphatic heterocycles. The summed E-state index contributed by atoms with van der Waals surface area (Å²) in [5.41, 5.74) is 3.20. The first kappa shape index (κ1) is 11.0. The first-order chi connectivity index (χ1) is 8.72. The van der Waals surface area contributed by atoms with E-state index in [1.807, 2.05) is 38.4 Å². The third-order valence-corrected chi connectivity index (χ3v) is 2.93. The molecule has 0 radical (unpaired) electrons. The summed E-state index contributed by atoms with van der Waals surface area (Å²) in [5.74, 6) is 1.63. The predicted octanol–water partition coefficient (Wildman–Crippen LogP) is 2.07. The molecule has 5 nitrogen and oxygen atoms in total. The molecule has 1 N–H and O–H groups in total. The number of ether oxygens (including phenoxy) is 2. The summed E-state index contributed by atoms with van der Waals surface area (Å²) in [7, 11) is 1.92. The molecule has 0 unspecified atom stereocenters. The van der Waals surface area contributed by atoms with Gasteiger partial charge in [-0.3, -0.25) is 4.68 Å². The third-order valence-electron chi connectivity index (χ3n) is 2.93. The molecule has 1 aromatic carbocycles. The number of hydrogen-bond acceptors (Lipinski definition) is 4. The van der Waals surface area contributed by atoms with Crippen molar-refractivity contribution in [3.05, 3.63) is 35.7 Å². The summed E-state index contributed by atoms with van der Waals surface area (Å²) in [6.07, 6.45) is 1.97. The number of rotatable bonds is 3. The molecule has 0 amide bonds. The molecular weight excluding hydrogens is 230 g/mol. The van der Waals surface area contributed by atoms with Crippen LogP contribution in [0.4, 0.5) is 5.69 Å². The minimum absolute atomic E-state index is 0.313. The number of nitrogens with one attached hydrogen (secondary N) is 1. The van der Waals surface area contributed by atoms with E-state index in [1.165, 1.54) is 0 Å². The molecule has 5 heteroatoms. The SMILES string of the molecule is Cc1nn(C)cc1NCc1ccc2c(c1)OCO2.